The molecular formula is C13H16F2N2OS. The first-order valence-electron chi connectivity index (χ1n) is 6.28. The number of hydrogen-bond donors (Lipinski definition) is 1. The Balaban J connectivity index is 2.18. The van der Waals surface area contributed by atoms with E-state index in [4.69, 9.17) is 17.0 Å². The van der Waals surface area contributed by atoms with Crippen LogP contribution in [-0.4, -0.2) is 22.8 Å². The van der Waals surface area contributed by atoms with E-state index >= 15 is 0 Å². The van der Waals surface area contributed by atoms with Crippen LogP contribution in [0.4, 0.5) is 8.78 Å². The van der Waals surface area contributed by atoms with Crippen LogP contribution in [0.3, 0.4) is 0 Å². The fourth-order valence-corrected chi connectivity index (χ4v) is 2.20. The van der Waals surface area contributed by atoms with Gasteiger partial charge in [0.1, 0.15) is 11.3 Å². The number of ether oxygens (including phenoxy) is 1. The zero-order chi connectivity index (χ0) is 13.8. The minimum absolute atomic E-state index is 0.236. The number of halogens is 2. The van der Waals surface area contributed by atoms with Gasteiger partial charge >= 0.3 is 0 Å². The maximum Gasteiger partial charge on any atom is 0.178 e. The van der Waals surface area contributed by atoms with Crippen LogP contribution in [0.2, 0.25) is 0 Å². The Labute approximate surface area is 115 Å². The van der Waals surface area contributed by atoms with E-state index in [0.717, 1.165) is 18.9 Å². The normalized spacial score (nSPS) is 11.3. The number of hydrogen-bond acceptors (Lipinski definition) is 2. The lowest BCUT2D eigenvalue weighted by Crippen LogP contribution is -2.07. The number of imidazole rings is 1. The van der Waals surface area contributed by atoms with E-state index in [9.17, 15) is 8.78 Å². The molecule has 19 heavy (non-hydrogen) atoms. The van der Waals surface area contributed by atoms with Gasteiger partial charge in [0.05, 0.1) is 12.1 Å². The highest BCUT2D eigenvalue weighted by molar-refractivity contribution is 7.71. The second-order valence-corrected chi connectivity index (χ2v) is 4.72. The van der Waals surface area contributed by atoms with Crippen LogP contribution in [0.1, 0.15) is 19.8 Å². The van der Waals surface area contributed by atoms with Gasteiger partial charge in [-0.25, -0.2) is 8.78 Å². The molecular weight excluding hydrogens is 270 g/mol. The molecule has 0 aliphatic heterocycles. The number of nitrogens with one attached hydrogen (secondary N) is 1. The fraction of sp³-hybridized carbons (Fsp3) is 0.462. The van der Waals surface area contributed by atoms with Crippen LogP contribution >= 0.6 is 12.2 Å². The number of fused-ring (bicyclic) bond motifs is 1. The molecule has 104 valence electrons. The standard InChI is InChI=1S/C13H16F2N2OS/c1-2-3-5-18-6-4-17-11-8-9(14)7-10(15)12(11)16-13(17)19/h7-8H,2-6H2,1H3,(H,16,19). The van der Waals surface area contributed by atoms with Crippen LogP contribution in [0.15, 0.2) is 12.1 Å². The van der Waals surface area contributed by atoms with Crippen molar-refractivity contribution in [3.63, 3.8) is 0 Å². The van der Waals surface area contributed by atoms with Gasteiger partial charge in [-0.1, -0.05) is 13.3 Å². The molecule has 0 saturated carbocycles. The third kappa shape index (κ3) is 3.19. The third-order valence-corrected chi connectivity index (χ3v) is 3.23. The maximum atomic E-state index is 13.6. The zero-order valence-corrected chi connectivity index (χ0v) is 11.5. The summed E-state index contributed by atoms with van der Waals surface area (Å²) in [7, 11) is 0. The molecule has 1 N–H and O–H groups in total. The third-order valence-electron chi connectivity index (χ3n) is 2.90. The number of rotatable bonds is 6. The van der Waals surface area contributed by atoms with Gasteiger partial charge in [0.15, 0.2) is 10.6 Å². The molecule has 2 rings (SSSR count). The Morgan fingerprint density at radius 2 is 2.11 bits per heavy atom. The van der Waals surface area contributed by atoms with Gasteiger partial charge < -0.3 is 14.3 Å². The van der Waals surface area contributed by atoms with Crippen molar-refractivity contribution in [2.75, 3.05) is 13.2 Å². The first-order chi connectivity index (χ1) is 9.13. The second-order valence-electron chi connectivity index (χ2n) is 4.33. The summed E-state index contributed by atoms with van der Waals surface area (Å²) >= 11 is 5.12. The van der Waals surface area contributed by atoms with Crippen molar-refractivity contribution in [3.05, 3.63) is 28.5 Å². The van der Waals surface area contributed by atoms with E-state index in [1.165, 1.54) is 6.07 Å². The van der Waals surface area contributed by atoms with E-state index in [1.54, 1.807) is 4.57 Å². The van der Waals surface area contributed by atoms with Crippen LogP contribution in [-0.2, 0) is 11.3 Å². The smallest absolute Gasteiger partial charge is 0.178 e. The first kappa shape index (κ1) is 14.1. The molecule has 0 atom stereocenters. The van der Waals surface area contributed by atoms with Gasteiger partial charge in [0.2, 0.25) is 0 Å². The minimum Gasteiger partial charge on any atom is -0.380 e. The van der Waals surface area contributed by atoms with Gasteiger partial charge in [-0.2, -0.15) is 0 Å². The molecule has 0 aliphatic rings. The van der Waals surface area contributed by atoms with Crippen LogP contribution < -0.4 is 0 Å². The highest BCUT2D eigenvalue weighted by Crippen LogP contribution is 2.19. The van der Waals surface area contributed by atoms with E-state index in [0.29, 0.717) is 30.0 Å². The van der Waals surface area contributed by atoms with Crippen molar-refractivity contribution in [2.45, 2.75) is 26.3 Å². The number of nitrogens with zero attached hydrogens (tertiary/aromatic N) is 1. The van der Waals surface area contributed by atoms with Crippen molar-refractivity contribution < 1.29 is 13.5 Å². The monoisotopic (exact) mass is 286 g/mol. The van der Waals surface area contributed by atoms with E-state index < -0.39 is 11.6 Å². The minimum atomic E-state index is -0.633. The molecule has 0 saturated heterocycles. The molecule has 1 heterocycles. The topological polar surface area (TPSA) is 29.9 Å². The number of unbranched alkanes of at least 4 members (excludes halogenated alkanes) is 1. The number of H-pyrrole nitrogens is 1. The molecule has 1 aromatic heterocycles. The van der Waals surface area contributed by atoms with Crippen LogP contribution in [0.25, 0.3) is 11.0 Å². The summed E-state index contributed by atoms with van der Waals surface area (Å²) in [6.07, 6.45) is 2.07. The van der Waals surface area contributed by atoms with Crippen molar-refractivity contribution >= 4 is 23.3 Å². The Kier molecular flexibility index (Phi) is 4.66. The molecule has 2 aromatic rings. The fourth-order valence-electron chi connectivity index (χ4n) is 1.91. The summed E-state index contributed by atoms with van der Waals surface area (Å²) in [6.45, 7) is 3.73. The molecule has 0 spiro atoms. The average molecular weight is 286 g/mol. The highest BCUT2D eigenvalue weighted by Gasteiger charge is 2.10. The first-order valence-corrected chi connectivity index (χ1v) is 6.69. The predicted octanol–water partition coefficient (Wildman–Crippen LogP) is 3.79. The Morgan fingerprint density at radius 1 is 1.32 bits per heavy atom. The average Bonchev–Trinajstić information content (AvgIpc) is 2.67. The highest BCUT2D eigenvalue weighted by atomic mass is 32.1. The second kappa shape index (κ2) is 6.25. The quantitative estimate of drug-likeness (QED) is 0.646. The number of aromatic amines is 1. The number of aromatic nitrogens is 2. The molecule has 0 amide bonds. The maximum absolute atomic E-state index is 13.6. The predicted molar refractivity (Wildman–Crippen MR) is 72.8 cm³/mol. The Bertz CT molecular complexity index is 621. The van der Waals surface area contributed by atoms with Gasteiger partial charge in [-0.05, 0) is 24.7 Å². The lowest BCUT2D eigenvalue weighted by molar-refractivity contribution is 0.124. The lowest BCUT2D eigenvalue weighted by Gasteiger charge is -2.06. The summed E-state index contributed by atoms with van der Waals surface area (Å²) in [5, 5.41) is 0. The summed E-state index contributed by atoms with van der Waals surface area (Å²) in [4.78, 5) is 2.76. The lowest BCUT2D eigenvalue weighted by atomic mass is 10.3. The molecule has 0 aliphatic carbocycles. The Hall–Kier alpha value is -1.27. The SMILES string of the molecule is CCCCOCCn1c(=S)[nH]c2c(F)cc(F)cc21. The summed E-state index contributed by atoms with van der Waals surface area (Å²) in [6, 6.07) is 2.12. The van der Waals surface area contributed by atoms with Crippen molar-refractivity contribution in [2.24, 2.45) is 0 Å². The zero-order valence-electron chi connectivity index (χ0n) is 10.7. The molecule has 3 nitrogen and oxygen atoms in total. The Morgan fingerprint density at radius 3 is 2.84 bits per heavy atom. The largest absolute Gasteiger partial charge is 0.380 e. The molecule has 1 aromatic carbocycles. The van der Waals surface area contributed by atoms with E-state index in [-0.39, 0.29) is 5.52 Å². The van der Waals surface area contributed by atoms with Gasteiger partial charge in [-0.15, -0.1) is 0 Å². The van der Waals surface area contributed by atoms with Gasteiger partial charge in [0.25, 0.3) is 0 Å². The number of benzene rings is 1. The molecule has 6 heteroatoms. The summed E-state index contributed by atoms with van der Waals surface area (Å²) < 4.78 is 34.3. The van der Waals surface area contributed by atoms with Gasteiger partial charge in [-0.3, -0.25) is 0 Å². The molecule has 0 bridgehead atoms. The van der Waals surface area contributed by atoms with Crippen molar-refractivity contribution in [3.8, 4) is 0 Å². The van der Waals surface area contributed by atoms with Crippen molar-refractivity contribution in [1.29, 1.82) is 0 Å². The van der Waals surface area contributed by atoms with E-state index in [2.05, 4.69) is 11.9 Å². The van der Waals surface area contributed by atoms with Crippen LogP contribution in [0.5, 0.6) is 0 Å². The van der Waals surface area contributed by atoms with Gasteiger partial charge in [0, 0.05) is 19.2 Å². The molecule has 0 fully saturated rings. The molecule has 0 unspecified atom stereocenters. The molecule has 0 radical (unpaired) electrons. The van der Waals surface area contributed by atoms with Crippen LogP contribution in [0, 0.1) is 16.4 Å². The summed E-state index contributed by atoms with van der Waals surface area (Å²) in [5.41, 5.74) is 0.668. The summed E-state index contributed by atoms with van der Waals surface area (Å²) in [5.74, 6) is -1.24. The van der Waals surface area contributed by atoms with Crippen molar-refractivity contribution in [1.82, 2.24) is 9.55 Å². The van der Waals surface area contributed by atoms with E-state index in [1.807, 2.05) is 0 Å².